The second-order valence-electron chi connectivity index (χ2n) is 3.79. The predicted molar refractivity (Wildman–Crippen MR) is 58.1 cm³/mol. The molecule has 16 heavy (non-hydrogen) atoms. The normalized spacial score (nSPS) is 13.8. The average Bonchev–Trinajstić information content (AvgIpc) is 2.24. The summed E-state index contributed by atoms with van der Waals surface area (Å²) in [5.74, 6) is -1.36. The van der Waals surface area contributed by atoms with Gasteiger partial charge in [-0.2, -0.15) is 13.2 Å². The Hall–Kier alpha value is -1.03. The van der Waals surface area contributed by atoms with Crippen LogP contribution in [0.25, 0.3) is 0 Å². The molecule has 0 aliphatic carbocycles. The van der Waals surface area contributed by atoms with Crippen molar-refractivity contribution in [2.75, 3.05) is 6.54 Å². The van der Waals surface area contributed by atoms with Gasteiger partial charge in [0.05, 0.1) is 5.92 Å². The molecule has 0 radical (unpaired) electrons. The van der Waals surface area contributed by atoms with Crippen molar-refractivity contribution in [2.24, 2.45) is 5.73 Å². The van der Waals surface area contributed by atoms with Crippen LogP contribution in [0.5, 0.6) is 0 Å². The molecule has 1 aromatic carbocycles. The fraction of sp³-hybridized carbons (Fsp3) is 0.500. The third-order valence-corrected chi connectivity index (χ3v) is 2.54. The Morgan fingerprint density at radius 1 is 1.06 bits per heavy atom. The number of alkyl halides is 3. The fourth-order valence-electron chi connectivity index (χ4n) is 1.70. The van der Waals surface area contributed by atoms with E-state index in [0.717, 1.165) is 0 Å². The Morgan fingerprint density at radius 3 is 2.19 bits per heavy atom. The largest absolute Gasteiger partial charge is 0.395 e. The Kier molecular flexibility index (Phi) is 4.80. The molecule has 0 heterocycles. The molecule has 0 bridgehead atoms. The van der Waals surface area contributed by atoms with Crippen molar-refractivity contribution in [3.8, 4) is 0 Å². The molecule has 1 rings (SSSR count). The predicted octanol–water partition coefficient (Wildman–Crippen LogP) is 3.46. The standard InChI is InChI=1S/C12H16F3N/c13-12(14,15)11(8-4-5-9-16)10-6-2-1-3-7-10/h1-3,6-7,11H,4-5,8-9,16H2. The monoisotopic (exact) mass is 231 g/mol. The maximum atomic E-state index is 12.8. The van der Waals surface area contributed by atoms with Gasteiger partial charge < -0.3 is 5.73 Å². The van der Waals surface area contributed by atoms with Gasteiger partial charge in [-0.05, 0) is 24.9 Å². The molecule has 4 heteroatoms. The highest BCUT2D eigenvalue weighted by Gasteiger charge is 2.39. The fourth-order valence-corrected chi connectivity index (χ4v) is 1.70. The van der Waals surface area contributed by atoms with E-state index in [9.17, 15) is 13.2 Å². The van der Waals surface area contributed by atoms with Crippen LogP contribution in [0.1, 0.15) is 30.7 Å². The summed E-state index contributed by atoms with van der Waals surface area (Å²) in [6.07, 6.45) is -2.91. The summed E-state index contributed by atoms with van der Waals surface area (Å²) >= 11 is 0. The van der Waals surface area contributed by atoms with E-state index in [1.807, 2.05) is 0 Å². The number of halogens is 3. The molecule has 0 spiro atoms. The van der Waals surface area contributed by atoms with Crippen molar-refractivity contribution in [1.82, 2.24) is 0 Å². The number of benzene rings is 1. The molecule has 0 saturated carbocycles. The van der Waals surface area contributed by atoms with E-state index in [2.05, 4.69) is 0 Å². The van der Waals surface area contributed by atoms with E-state index in [4.69, 9.17) is 5.73 Å². The van der Waals surface area contributed by atoms with Crippen LogP contribution in [0.4, 0.5) is 13.2 Å². The zero-order valence-corrected chi connectivity index (χ0v) is 9.00. The van der Waals surface area contributed by atoms with Crippen LogP contribution >= 0.6 is 0 Å². The Bertz CT molecular complexity index is 295. The lowest BCUT2D eigenvalue weighted by molar-refractivity contribution is -0.152. The summed E-state index contributed by atoms with van der Waals surface area (Å²) in [6, 6.07) is 8.05. The van der Waals surface area contributed by atoms with E-state index < -0.39 is 12.1 Å². The molecule has 0 amide bonds. The van der Waals surface area contributed by atoms with Gasteiger partial charge in [-0.15, -0.1) is 0 Å². The SMILES string of the molecule is NCCCCC(c1ccccc1)C(F)(F)F. The Labute approximate surface area is 93.5 Å². The lowest BCUT2D eigenvalue weighted by Crippen LogP contribution is -2.21. The van der Waals surface area contributed by atoms with Gasteiger partial charge in [-0.25, -0.2) is 0 Å². The number of nitrogens with two attached hydrogens (primary N) is 1. The zero-order valence-electron chi connectivity index (χ0n) is 9.00. The quantitative estimate of drug-likeness (QED) is 0.771. The topological polar surface area (TPSA) is 26.0 Å². The first kappa shape index (κ1) is 13.0. The highest BCUT2D eigenvalue weighted by Crippen LogP contribution is 2.38. The molecule has 2 N–H and O–H groups in total. The number of hydrogen-bond donors (Lipinski definition) is 1. The van der Waals surface area contributed by atoms with Crippen molar-refractivity contribution in [3.05, 3.63) is 35.9 Å². The summed E-state index contributed by atoms with van der Waals surface area (Å²) in [6.45, 7) is 0.444. The minimum absolute atomic E-state index is 0.116. The molecule has 1 unspecified atom stereocenters. The van der Waals surface area contributed by atoms with Crippen molar-refractivity contribution in [1.29, 1.82) is 0 Å². The summed E-state index contributed by atoms with van der Waals surface area (Å²) in [5.41, 5.74) is 5.62. The van der Waals surface area contributed by atoms with Gasteiger partial charge in [0.15, 0.2) is 0 Å². The van der Waals surface area contributed by atoms with Crippen LogP contribution in [-0.4, -0.2) is 12.7 Å². The lowest BCUT2D eigenvalue weighted by atomic mass is 9.93. The average molecular weight is 231 g/mol. The molecule has 1 atom stereocenters. The number of rotatable bonds is 5. The number of hydrogen-bond acceptors (Lipinski definition) is 1. The Morgan fingerprint density at radius 2 is 1.69 bits per heavy atom. The third-order valence-electron chi connectivity index (χ3n) is 2.54. The highest BCUT2D eigenvalue weighted by molar-refractivity contribution is 5.20. The second-order valence-corrected chi connectivity index (χ2v) is 3.79. The minimum atomic E-state index is -4.17. The van der Waals surface area contributed by atoms with Gasteiger partial charge in [0.2, 0.25) is 0 Å². The van der Waals surface area contributed by atoms with Gasteiger partial charge in [0, 0.05) is 0 Å². The maximum absolute atomic E-state index is 12.8. The summed E-state index contributed by atoms with van der Waals surface area (Å²) < 4.78 is 38.4. The summed E-state index contributed by atoms with van der Waals surface area (Å²) in [7, 11) is 0. The zero-order chi connectivity index (χ0) is 12.0. The van der Waals surface area contributed by atoms with Crippen molar-refractivity contribution in [2.45, 2.75) is 31.4 Å². The smallest absolute Gasteiger partial charge is 0.330 e. The first-order valence-electron chi connectivity index (χ1n) is 5.37. The van der Waals surface area contributed by atoms with Gasteiger partial charge in [0.25, 0.3) is 0 Å². The van der Waals surface area contributed by atoms with E-state index in [0.29, 0.717) is 24.9 Å². The summed E-state index contributed by atoms with van der Waals surface area (Å²) in [4.78, 5) is 0. The molecular weight excluding hydrogens is 215 g/mol. The molecule has 0 fully saturated rings. The minimum Gasteiger partial charge on any atom is -0.330 e. The molecule has 0 aliphatic heterocycles. The lowest BCUT2D eigenvalue weighted by Gasteiger charge is -2.20. The van der Waals surface area contributed by atoms with E-state index in [1.165, 1.54) is 12.1 Å². The van der Waals surface area contributed by atoms with Crippen LogP contribution in [0.3, 0.4) is 0 Å². The van der Waals surface area contributed by atoms with E-state index in [-0.39, 0.29) is 6.42 Å². The third kappa shape index (κ3) is 3.85. The highest BCUT2D eigenvalue weighted by atomic mass is 19.4. The van der Waals surface area contributed by atoms with E-state index >= 15 is 0 Å². The number of unbranched alkanes of at least 4 members (excludes halogenated alkanes) is 1. The molecule has 90 valence electrons. The summed E-state index contributed by atoms with van der Waals surface area (Å²) in [5, 5.41) is 0. The van der Waals surface area contributed by atoms with Crippen LogP contribution < -0.4 is 5.73 Å². The molecule has 1 nitrogen and oxygen atoms in total. The van der Waals surface area contributed by atoms with Crippen LogP contribution in [-0.2, 0) is 0 Å². The molecule has 0 aliphatic rings. The van der Waals surface area contributed by atoms with Gasteiger partial charge >= 0.3 is 6.18 Å². The van der Waals surface area contributed by atoms with Crippen molar-refractivity contribution < 1.29 is 13.2 Å². The molecule has 0 aromatic heterocycles. The maximum Gasteiger partial charge on any atom is 0.395 e. The van der Waals surface area contributed by atoms with Crippen LogP contribution in [0.15, 0.2) is 30.3 Å². The van der Waals surface area contributed by atoms with Gasteiger partial charge in [-0.3, -0.25) is 0 Å². The van der Waals surface area contributed by atoms with Crippen LogP contribution in [0.2, 0.25) is 0 Å². The van der Waals surface area contributed by atoms with Gasteiger partial charge in [0.1, 0.15) is 0 Å². The first-order valence-corrected chi connectivity index (χ1v) is 5.37. The van der Waals surface area contributed by atoms with E-state index in [1.54, 1.807) is 18.2 Å². The van der Waals surface area contributed by atoms with Crippen LogP contribution in [0, 0.1) is 0 Å². The van der Waals surface area contributed by atoms with Gasteiger partial charge in [-0.1, -0.05) is 36.8 Å². The molecule has 1 aromatic rings. The van der Waals surface area contributed by atoms with Crippen molar-refractivity contribution >= 4 is 0 Å². The Balaban J connectivity index is 2.73. The second kappa shape index (κ2) is 5.89. The first-order chi connectivity index (χ1) is 7.55. The molecular formula is C12H16F3N. The molecule has 0 saturated heterocycles. The van der Waals surface area contributed by atoms with Crippen molar-refractivity contribution in [3.63, 3.8) is 0 Å².